The van der Waals surface area contributed by atoms with E-state index in [4.69, 9.17) is 11.6 Å². The molecule has 1 aromatic rings. The standard InChI is InChI=1S/C11H16ClN/c1-9(2)10-5-3-4-6-11(10)13-8-7-12/h3-6,9,13H,7-8H2,1-2H3. The summed E-state index contributed by atoms with van der Waals surface area (Å²) < 4.78 is 0. The maximum Gasteiger partial charge on any atom is 0.0396 e. The van der Waals surface area contributed by atoms with Gasteiger partial charge in [0.1, 0.15) is 0 Å². The lowest BCUT2D eigenvalue weighted by molar-refractivity contribution is 0.866. The first-order valence-corrected chi connectivity index (χ1v) is 5.18. The first kappa shape index (κ1) is 10.4. The summed E-state index contributed by atoms with van der Waals surface area (Å²) in [5, 5.41) is 3.31. The zero-order chi connectivity index (χ0) is 9.68. The van der Waals surface area contributed by atoms with Gasteiger partial charge in [-0.2, -0.15) is 0 Å². The average molecular weight is 198 g/mol. The van der Waals surface area contributed by atoms with Crippen molar-refractivity contribution in [2.45, 2.75) is 19.8 Å². The molecule has 1 nitrogen and oxygen atoms in total. The molecule has 72 valence electrons. The van der Waals surface area contributed by atoms with Gasteiger partial charge in [-0.3, -0.25) is 0 Å². The van der Waals surface area contributed by atoms with E-state index in [9.17, 15) is 0 Å². The van der Waals surface area contributed by atoms with E-state index in [0.29, 0.717) is 11.8 Å². The number of anilines is 1. The number of hydrogen-bond donors (Lipinski definition) is 1. The van der Waals surface area contributed by atoms with Gasteiger partial charge in [0.15, 0.2) is 0 Å². The summed E-state index contributed by atoms with van der Waals surface area (Å²) in [5.41, 5.74) is 2.56. The minimum atomic E-state index is 0.555. The first-order valence-electron chi connectivity index (χ1n) is 4.64. The topological polar surface area (TPSA) is 12.0 Å². The molecular weight excluding hydrogens is 182 g/mol. The van der Waals surface area contributed by atoms with Crippen molar-refractivity contribution in [2.24, 2.45) is 0 Å². The van der Waals surface area contributed by atoms with Crippen LogP contribution in [0.3, 0.4) is 0 Å². The molecule has 0 spiro atoms. The first-order chi connectivity index (χ1) is 6.25. The maximum absolute atomic E-state index is 5.62. The van der Waals surface area contributed by atoms with Crippen LogP contribution >= 0.6 is 11.6 Å². The van der Waals surface area contributed by atoms with Crippen molar-refractivity contribution in [2.75, 3.05) is 17.7 Å². The molecule has 2 heteroatoms. The quantitative estimate of drug-likeness (QED) is 0.729. The fourth-order valence-electron chi connectivity index (χ4n) is 1.34. The Morgan fingerprint density at radius 2 is 2.00 bits per heavy atom. The van der Waals surface area contributed by atoms with Gasteiger partial charge in [0.25, 0.3) is 0 Å². The molecule has 0 heterocycles. The zero-order valence-corrected chi connectivity index (χ0v) is 8.93. The highest BCUT2D eigenvalue weighted by Gasteiger charge is 2.03. The molecule has 0 fully saturated rings. The Balaban J connectivity index is 2.78. The van der Waals surface area contributed by atoms with Crippen LogP contribution in [0.5, 0.6) is 0 Å². The van der Waals surface area contributed by atoms with Crippen LogP contribution in [-0.4, -0.2) is 12.4 Å². The van der Waals surface area contributed by atoms with Crippen LogP contribution in [0, 0.1) is 0 Å². The summed E-state index contributed by atoms with van der Waals surface area (Å²) in [4.78, 5) is 0. The molecule has 1 N–H and O–H groups in total. The number of alkyl halides is 1. The van der Waals surface area contributed by atoms with Crippen LogP contribution in [0.4, 0.5) is 5.69 Å². The summed E-state index contributed by atoms with van der Waals surface area (Å²) in [5.74, 6) is 1.20. The number of halogens is 1. The fraction of sp³-hybridized carbons (Fsp3) is 0.455. The van der Waals surface area contributed by atoms with Crippen LogP contribution in [0.2, 0.25) is 0 Å². The maximum atomic E-state index is 5.62. The van der Waals surface area contributed by atoms with E-state index < -0.39 is 0 Å². The Morgan fingerprint density at radius 3 is 2.62 bits per heavy atom. The molecule has 0 amide bonds. The van der Waals surface area contributed by atoms with Gasteiger partial charge in [-0.1, -0.05) is 32.0 Å². The smallest absolute Gasteiger partial charge is 0.0396 e. The minimum absolute atomic E-state index is 0.555. The molecule has 0 radical (unpaired) electrons. The van der Waals surface area contributed by atoms with Crippen molar-refractivity contribution in [3.8, 4) is 0 Å². The van der Waals surface area contributed by atoms with Crippen LogP contribution in [0.1, 0.15) is 25.3 Å². The summed E-state index contributed by atoms with van der Waals surface area (Å²) in [6, 6.07) is 8.37. The zero-order valence-electron chi connectivity index (χ0n) is 8.18. The van der Waals surface area contributed by atoms with Crippen molar-refractivity contribution in [3.63, 3.8) is 0 Å². The second-order valence-corrected chi connectivity index (χ2v) is 3.74. The van der Waals surface area contributed by atoms with Crippen LogP contribution in [0.25, 0.3) is 0 Å². The van der Waals surface area contributed by atoms with Crippen molar-refractivity contribution in [3.05, 3.63) is 29.8 Å². The molecule has 0 atom stereocenters. The van der Waals surface area contributed by atoms with Gasteiger partial charge in [-0.15, -0.1) is 11.6 Å². The molecule has 13 heavy (non-hydrogen) atoms. The Morgan fingerprint density at radius 1 is 1.31 bits per heavy atom. The molecule has 0 aliphatic heterocycles. The molecule has 1 aromatic carbocycles. The van der Waals surface area contributed by atoms with Gasteiger partial charge in [-0.25, -0.2) is 0 Å². The Kier molecular flexibility index (Phi) is 4.10. The molecule has 0 unspecified atom stereocenters. The lowest BCUT2D eigenvalue weighted by Crippen LogP contribution is -2.05. The van der Waals surface area contributed by atoms with E-state index in [2.05, 4.69) is 37.4 Å². The Hall–Kier alpha value is -0.690. The number of rotatable bonds is 4. The molecule has 0 aliphatic carbocycles. The molecule has 0 saturated heterocycles. The second-order valence-electron chi connectivity index (χ2n) is 3.36. The van der Waals surface area contributed by atoms with E-state index in [0.717, 1.165) is 6.54 Å². The average Bonchev–Trinajstić information content (AvgIpc) is 2.15. The van der Waals surface area contributed by atoms with Gasteiger partial charge >= 0.3 is 0 Å². The lowest BCUT2D eigenvalue weighted by atomic mass is 10.0. The van der Waals surface area contributed by atoms with E-state index in [1.807, 2.05) is 6.07 Å². The van der Waals surface area contributed by atoms with Gasteiger partial charge in [0, 0.05) is 18.1 Å². The van der Waals surface area contributed by atoms with E-state index in [1.54, 1.807) is 0 Å². The van der Waals surface area contributed by atoms with Gasteiger partial charge in [0.05, 0.1) is 0 Å². The summed E-state index contributed by atoms with van der Waals surface area (Å²) in [7, 11) is 0. The molecule has 1 rings (SSSR count). The van der Waals surface area contributed by atoms with E-state index in [-0.39, 0.29) is 0 Å². The monoisotopic (exact) mass is 197 g/mol. The highest BCUT2D eigenvalue weighted by Crippen LogP contribution is 2.23. The lowest BCUT2D eigenvalue weighted by Gasteiger charge is -2.13. The SMILES string of the molecule is CC(C)c1ccccc1NCCCl. The summed E-state index contributed by atoms with van der Waals surface area (Å²) in [6.07, 6.45) is 0. The van der Waals surface area contributed by atoms with Crippen LogP contribution < -0.4 is 5.32 Å². The third kappa shape index (κ3) is 2.92. The molecule has 0 aromatic heterocycles. The molecule has 0 saturated carbocycles. The van der Waals surface area contributed by atoms with Crippen LogP contribution in [-0.2, 0) is 0 Å². The van der Waals surface area contributed by atoms with Crippen LogP contribution in [0.15, 0.2) is 24.3 Å². The fourth-order valence-corrected chi connectivity index (χ4v) is 1.44. The number of nitrogens with one attached hydrogen (secondary N) is 1. The van der Waals surface area contributed by atoms with E-state index >= 15 is 0 Å². The van der Waals surface area contributed by atoms with Crippen molar-refractivity contribution in [1.82, 2.24) is 0 Å². The highest BCUT2D eigenvalue weighted by atomic mass is 35.5. The molecular formula is C11H16ClN. The van der Waals surface area contributed by atoms with E-state index in [1.165, 1.54) is 11.3 Å². The largest absolute Gasteiger partial charge is 0.384 e. The van der Waals surface area contributed by atoms with Gasteiger partial charge < -0.3 is 5.32 Å². The number of hydrogen-bond acceptors (Lipinski definition) is 1. The number of benzene rings is 1. The van der Waals surface area contributed by atoms with Crippen molar-refractivity contribution < 1.29 is 0 Å². The predicted molar refractivity (Wildman–Crippen MR) is 59.7 cm³/mol. The molecule has 0 aliphatic rings. The Bertz CT molecular complexity index is 258. The van der Waals surface area contributed by atoms with Gasteiger partial charge in [0.2, 0.25) is 0 Å². The van der Waals surface area contributed by atoms with Crippen molar-refractivity contribution >= 4 is 17.3 Å². The molecule has 0 bridgehead atoms. The van der Waals surface area contributed by atoms with Gasteiger partial charge in [-0.05, 0) is 17.5 Å². The third-order valence-corrected chi connectivity index (χ3v) is 2.18. The summed E-state index contributed by atoms with van der Waals surface area (Å²) in [6.45, 7) is 5.22. The second kappa shape index (κ2) is 5.13. The Labute approximate surface area is 85.1 Å². The third-order valence-electron chi connectivity index (χ3n) is 1.99. The highest BCUT2D eigenvalue weighted by molar-refractivity contribution is 6.18. The normalized spacial score (nSPS) is 10.5. The minimum Gasteiger partial charge on any atom is -0.384 e. The predicted octanol–water partition coefficient (Wildman–Crippen LogP) is 3.46. The van der Waals surface area contributed by atoms with Crippen molar-refractivity contribution in [1.29, 1.82) is 0 Å². The number of para-hydroxylation sites is 1. The summed E-state index contributed by atoms with van der Waals surface area (Å²) >= 11 is 5.62.